The van der Waals surface area contributed by atoms with Gasteiger partial charge in [-0.15, -0.1) is 6.58 Å². The van der Waals surface area contributed by atoms with Gasteiger partial charge >= 0.3 is 0 Å². The largest absolute Gasteiger partial charge is 0.344 e. The third-order valence-corrected chi connectivity index (χ3v) is 1.28. The maximum atomic E-state index is 5.65. The first-order chi connectivity index (χ1) is 5.54. The quantitative estimate of drug-likeness (QED) is 0.244. The van der Waals surface area contributed by atoms with Crippen LogP contribution in [0.5, 0.6) is 0 Å². The lowest BCUT2D eigenvalue weighted by atomic mass is 10.4. The predicted molar refractivity (Wildman–Crippen MR) is 64.9 cm³/mol. The second-order valence-corrected chi connectivity index (χ2v) is 2.96. The standard InChI is InChI=1S/C6H18N3.C3H6.2H3N/c1-3-5-9(7,8)6-4-2;1-3-2;;/h3-8H2,1-2H3;3H,1H2,2H3;2*1H3/q+1;;;. The van der Waals surface area contributed by atoms with Crippen molar-refractivity contribution in [3.05, 3.63) is 12.7 Å². The highest BCUT2D eigenvalue weighted by Gasteiger charge is 2.13. The number of hydrogen-bond donors (Lipinski definition) is 4. The molecule has 0 aliphatic heterocycles. The van der Waals surface area contributed by atoms with Crippen LogP contribution in [-0.2, 0) is 0 Å². The minimum atomic E-state index is 0. The molecule has 90 valence electrons. The summed E-state index contributed by atoms with van der Waals surface area (Å²) in [6.07, 6.45) is 3.85. The van der Waals surface area contributed by atoms with E-state index in [4.69, 9.17) is 11.7 Å². The van der Waals surface area contributed by atoms with Gasteiger partial charge in [-0.1, -0.05) is 19.9 Å². The zero-order chi connectivity index (χ0) is 10.0. The Labute approximate surface area is 88.8 Å². The molecule has 0 fully saturated rings. The number of nitrogens with two attached hydrogens (primary N) is 2. The molecule has 0 atom stereocenters. The van der Waals surface area contributed by atoms with Crippen molar-refractivity contribution >= 4 is 0 Å². The Morgan fingerprint density at radius 2 is 1.29 bits per heavy atom. The molecule has 0 unspecified atom stereocenters. The maximum absolute atomic E-state index is 5.65. The maximum Gasteiger partial charge on any atom is 0.114 e. The minimum absolute atomic E-state index is 0. The van der Waals surface area contributed by atoms with Crippen molar-refractivity contribution < 1.29 is 4.70 Å². The molecular weight excluding hydrogens is 178 g/mol. The van der Waals surface area contributed by atoms with Crippen LogP contribution in [0.3, 0.4) is 0 Å². The lowest BCUT2D eigenvalue weighted by Gasteiger charge is -2.24. The van der Waals surface area contributed by atoms with Gasteiger partial charge < -0.3 is 12.3 Å². The van der Waals surface area contributed by atoms with E-state index in [1.54, 1.807) is 6.08 Å². The first kappa shape index (κ1) is 23.4. The Morgan fingerprint density at radius 1 is 1.07 bits per heavy atom. The fraction of sp³-hybridized carbons (Fsp3) is 0.778. The molecule has 0 amide bonds. The van der Waals surface area contributed by atoms with Gasteiger partial charge in [-0.2, -0.15) is 16.4 Å². The molecule has 0 radical (unpaired) electrons. The lowest BCUT2D eigenvalue weighted by Crippen LogP contribution is -2.61. The number of hydrogen-bond acceptors (Lipinski definition) is 4. The summed E-state index contributed by atoms with van der Waals surface area (Å²) >= 11 is 0. The summed E-state index contributed by atoms with van der Waals surface area (Å²) in [5.74, 6) is 11.3. The molecule has 0 heterocycles. The van der Waals surface area contributed by atoms with E-state index in [0.717, 1.165) is 25.9 Å². The number of allylic oxidation sites excluding steroid dienone is 1. The van der Waals surface area contributed by atoms with Gasteiger partial charge in [0.15, 0.2) is 0 Å². The summed E-state index contributed by atoms with van der Waals surface area (Å²) in [7, 11) is 0. The van der Waals surface area contributed by atoms with Crippen LogP contribution in [0.1, 0.15) is 33.6 Å². The van der Waals surface area contributed by atoms with E-state index < -0.39 is 0 Å². The molecule has 0 spiro atoms. The van der Waals surface area contributed by atoms with Gasteiger partial charge in [0, 0.05) is 0 Å². The molecule has 0 bridgehead atoms. The van der Waals surface area contributed by atoms with Gasteiger partial charge in [0.25, 0.3) is 0 Å². The molecule has 14 heavy (non-hydrogen) atoms. The van der Waals surface area contributed by atoms with Gasteiger partial charge in [-0.3, -0.25) is 0 Å². The van der Waals surface area contributed by atoms with Crippen LogP contribution in [-0.4, -0.2) is 17.8 Å². The summed E-state index contributed by atoms with van der Waals surface area (Å²) < 4.78 is 0.188. The fourth-order valence-corrected chi connectivity index (χ4v) is 0.944. The van der Waals surface area contributed by atoms with Crippen molar-refractivity contribution in [1.29, 1.82) is 0 Å². The van der Waals surface area contributed by atoms with Crippen LogP contribution in [0.15, 0.2) is 12.7 Å². The molecule has 0 saturated carbocycles. The molecular formula is C9H30N5+. The minimum Gasteiger partial charge on any atom is -0.344 e. The molecule has 10 N–H and O–H groups in total. The molecule has 0 aromatic heterocycles. The Bertz CT molecular complexity index is 95.4. The van der Waals surface area contributed by atoms with Gasteiger partial charge in [0.05, 0.1) is 0 Å². The molecule has 0 aliphatic carbocycles. The summed E-state index contributed by atoms with van der Waals surface area (Å²) in [6, 6.07) is 0. The van der Waals surface area contributed by atoms with Crippen LogP contribution in [0.4, 0.5) is 0 Å². The van der Waals surface area contributed by atoms with E-state index in [2.05, 4.69) is 20.4 Å². The van der Waals surface area contributed by atoms with Crippen molar-refractivity contribution in [3.8, 4) is 0 Å². The normalized spacial score (nSPS) is 8.64. The highest BCUT2D eigenvalue weighted by molar-refractivity contribution is 4.51. The van der Waals surface area contributed by atoms with E-state index in [9.17, 15) is 0 Å². The zero-order valence-electron chi connectivity index (χ0n) is 10.1. The van der Waals surface area contributed by atoms with Crippen LogP contribution < -0.4 is 24.0 Å². The molecule has 0 aromatic carbocycles. The topological polar surface area (TPSA) is 122 Å². The Balaban J connectivity index is -0.0000000891. The summed E-state index contributed by atoms with van der Waals surface area (Å²) in [4.78, 5) is 0. The summed E-state index contributed by atoms with van der Waals surface area (Å²) in [6.45, 7) is 11.2. The molecule has 5 heteroatoms. The Hall–Kier alpha value is -0.460. The Morgan fingerprint density at radius 3 is 1.43 bits per heavy atom. The average Bonchev–Trinajstić information content (AvgIpc) is 1.88. The SMILES string of the molecule is C=CC.CCC[N+](N)(N)CCC.N.N. The van der Waals surface area contributed by atoms with E-state index >= 15 is 0 Å². The fourth-order valence-electron chi connectivity index (χ4n) is 0.944. The lowest BCUT2D eigenvalue weighted by molar-refractivity contribution is -0.951. The molecule has 0 aliphatic rings. The smallest absolute Gasteiger partial charge is 0.114 e. The van der Waals surface area contributed by atoms with E-state index in [0.29, 0.717) is 0 Å². The van der Waals surface area contributed by atoms with Crippen LogP contribution >= 0.6 is 0 Å². The highest BCUT2D eigenvalue weighted by atomic mass is 15.7. The van der Waals surface area contributed by atoms with Crippen LogP contribution in [0.2, 0.25) is 0 Å². The van der Waals surface area contributed by atoms with Crippen LogP contribution in [0.25, 0.3) is 0 Å². The van der Waals surface area contributed by atoms with Crippen molar-refractivity contribution in [2.45, 2.75) is 33.6 Å². The van der Waals surface area contributed by atoms with Gasteiger partial charge in [0.2, 0.25) is 0 Å². The third-order valence-electron chi connectivity index (χ3n) is 1.28. The van der Waals surface area contributed by atoms with Crippen molar-refractivity contribution in [1.82, 2.24) is 12.3 Å². The first-order valence-corrected chi connectivity index (χ1v) is 4.55. The van der Waals surface area contributed by atoms with Crippen LogP contribution in [0, 0.1) is 0 Å². The average molecular weight is 208 g/mol. The Kier molecular flexibility index (Phi) is 25.1. The summed E-state index contributed by atoms with van der Waals surface area (Å²) in [5.41, 5.74) is 0. The van der Waals surface area contributed by atoms with E-state index in [-0.39, 0.29) is 17.0 Å². The molecule has 0 rings (SSSR count). The second-order valence-electron chi connectivity index (χ2n) is 2.96. The van der Waals surface area contributed by atoms with Gasteiger partial charge in [-0.05, 0) is 19.8 Å². The predicted octanol–water partition coefficient (Wildman–Crippen LogP) is 1.89. The van der Waals surface area contributed by atoms with Crippen molar-refractivity contribution in [2.24, 2.45) is 11.7 Å². The molecule has 0 aromatic rings. The molecule has 5 nitrogen and oxygen atoms in total. The second kappa shape index (κ2) is 15.0. The summed E-state index contributed by atoms with van der Waals surface area (Å²) in [5, 5.41) is 0. The monoisotopic (exact) mass is 208 g/mol. The van der Waals surface area contributed by atoms with Crippen molar-refractivity contribution in [2.75, 3.05) is 13.1 Å². The van der Waals surface area contributed by atoms with E-state index in [1.807, 2.05) is 6.92 Å². The highest BCUT2D eigenvalue weighted by Crippen LogP contribution is 1.91. The third kappa shape index (κ3) is 22.5. The van der Waals surface area contributed by atoms with Gasteiger partial charge in [-0.25, -0.2) is 0 Å². The molecule has 0 saturated heterocycles. The number of nitrogens with zero attached hydrogens (tertiary/aromatic N) is 1. The van der Waals surface area contributed by atoms with E-state index in [1.165, 1.54) is 0 Å². The number of quaternary nitrogens is 1. The van der Waals surface area contributed by atoms with Crippen molar-refractivity contribution in [3.63, 3.8) is 0 Å². The van der Waals surface area contributed by atoms with Gasteiger partial charge in [0.1, 0.15) is 13.1 Å². The first-order valence-electron chi connectivity index (χ1n) is 4.55. The zero-order valence-corrected chi connectivity index (χ0v) is 10.1. The number of rotatable bonds is 4.